The molecule has 0 radical (unpaired) electrons. The standard InChI is InChI=1S/C15H23N5O/c1-16-12-5-4-10-20(11-12)15(21)13-6-7-14(18-17-13)19-8-2-3-9-19/h6-7,12,16H,2-5,8-11H2,1H3/t12-/m1/s1. The average molecular weight is 289 g/mol. The number of amides is 1. The minimum absolute atomic E-state index is 0.00424. The van der Waals surface area contributed by atoms with E-state index in [1.807, 2.05) is 24.1 Å². The number of piperidine rings is 1. The van der Waals surface area contributed by atoms with Gasteiger partial charge in [-0.2, -0.15) is 0 Å². The first-order valence-electron chi connectivity index (χ1n) is 7.83. The Morgan fingerprint density at radius 1 is 1.19 bits per heavy atom. The molecular formula is C15H23N5O. The van der Waals surface area contributed by atoms with Gasteiger partial charge in [-0.3, -0.25) is 4.79 Å². The van der Waals surface area contributed by atoms with E-state index in [1.54, 1.807) is 0 Å². The number of hydrogen-bond donors (Lipinski definition) is 1. The first-order chi connectivity index (χ1) is 10.3. The van der Waals surface area contributed by atoms with E-state index in [0.29, 0.717) is 11.7 Å². The second-order valence-corrected chi connectivity index (χ2v) is 5.85. The van der Waals surface area contributed by atoms with Crippen molar-refractivity contribution in [1.82, 2.24) is 20.4 Å². The van der Waals surface area contributed by atoms with E-state index in [-0.39, 0.29) is 5.91 Å². The van der Waals surface area contributed by atoms with Gasteiger partial charge in [0.05, 0.1) is 0 Å². The van der Waals surface area contributed by atoms with E-state index in [1.165, 1.54) is 12.8 Å². The topological polar surface area (TPSA) is 61.4 Å². The van der Waals surface area contributed by atoms with Gasteiger partial charge in [0, 0.05) is 32.2 Å². The molecule has 0 unspecified atom stereocenters. The average Bonchev–Trinajstić information content (AvgIpc) is 3.09. The van der Waals surface area contributed by atoms with E-state index in [9.17, 15) is 4.79 Å². The molecule has 2 aliphatic heterocycles. The van der Waals surface area contributed by atoms with Crippen LogP contribution in [0.1, 0.15) is 36.2 Å². The lowest BCUT2D eigenvalue weighted by Gasteiger charge is -2.32. The summed E-state index contributed by atoms with van der Waals surface area (Å²) < 4.78 is 0. The van der Waals surface area contributed by atoms with Crippen LogP contribution in [0.3, 0.4) is 0 Å². The predicted molar refractivity (Wildman–Crippen MR) is 81.5 cm³/mol. The molecule has 2 saturated heterocycles. The van der Waals surface area contributed by atoms with Crippen LogP contribution in [0.25, 0.3) is 0 Å². The highest BCUT2D eigenvalue weighted by molar-refractivity contribution is 5.92. The van der Waals surface area contributed by atoms with Gasteiger partial charge in [0.1, 0.15) is 0 Å². The summed E-state index contributed by atoms with van der Waals surface area (Å²) in [5, 5.41) is 11.6. The number of carbonyl (C=O) groups excluding carboxylic acids is 1. The number of rotatable bonds is 3. The van der Waals surface area contributed by atoms with Gasteiger partial charge in [0.25, 0.3) is 5.91 Å². The normalized spacial score (nSPS) is 22.6. The smallest absolute Gasteiger partial charge is 0.274 e. The first kappa shape index (κ1) is 14.3. The summed E-state index contributed by atoms with van der Waals surface area (Å²) in [5.41, 5.74) is 0.453. The molecule has 2 fully saturated rings. The molecule has 1 N–H and O–H groups in total. The summed E-state index contributed by atoms with van der Waals surface area (Å²) in [4.78, 5) is 16.6. The highest BCUT2D eigenvalue weighted by Gasteiger charge is 2.24. The Morgan fingerprint density at radius 3 is 2.67 bits per heavy atom. The molecule has 1 amide bonds. The van der Waals surface area contributed by atoms with Crippen LogP contribution in [0.2, 0.25) is 0 Å². The first-order valence-corrected chi connectivity index (χ1v) is 7.83. The maximum atomic E-state index is 12.5. The Bertz CT molecular complexity index is 483. The molecule has 1 aromatic heterocycles. The molecule has 0 bridgehead atoms. The minimum Gasteiger partial charge on any atom is -0.355 e. The summed E-state index contributed by atoms with van der Waals surface area (Å²) in [6.45, 7) is 3.65. The van der Waals surface area contributed by atoms with E-state index in [0.717, 1.165) is 44.8 Å². The molecule has 21 heavy (non-hydrogen) atoms. The molecule has 1 atom stereocenters. The van der Waals surface area contributed by atoms with Crippen LogP contribution in [-0.2, 0) is 0 Å². The van der Waals surface area contributed by atoms with Crippen molar-refractivity contribution >= 4 is 11.7 Å². The van der Waals surface area contributed by atoms with E-state index >= 15 is 0 Å². The lowest BCUT2D eigenvalue weighted by atomic mass is 10.1. The van der Waals surface area contributed by atoms with Crippen molar-refractivity contribution in [3.63, 3.8) is 0 Å². The van der Waals surface area contributed by atoms with Gasteiger partial charge in [-0.05, 0) is 44.9 Å². The van der Waals surface area contributed by atoms with Gasteiger partial charge in [-0.1, -0.05) is 0 Å². The maximum Gasteiger partial charge on any atom is 0.274 e. The van der Waals surface area contributed by atoms with Crippen molar-refractivity contribution < 1.29 is 4.79 Å². The van der Waals surface area contributed by atoms with Crippen LogP contribution in [0, 0.1) is 0 Å². The third-order valence-electron chi connectivity index (χ3n) is 4.42. The zero-order chi connectivity index (χ0) is 14.7. The fourth-order valence-corrected chi connectivity index (χ4v) is 3.11. The number of anilines is 1. The van der Waals surface area contributed by atoms with Crippen molar-refractivity contribution in [3.05, 3.63) is 17.8 Å². The second-order valence-electron chi connectivity index (χ2n) is 5.85. The molecule has 0 aromatic carbocycles. The van der Waals surface area contributed by atoms with E-state index in [2.05, 4.69) is 20.4 Å². The van der Waals surface area contributed by atoms with Crippen molar-refractivity contribution in [2.75, 3.05) is 38.1 Å². The summed E-state index contributed by atoms with van der Waals surface area (Å²) in [5.74, 6) is 0.881. The largest absolute Gasteiger partial charge is 0.355 e. The summed E-state index contributed by atoms with van der Waals surface area (Å²) in [6.07, 6.45) is 4.58. The van der Waals surface area contributed by atoms with Crippen LogP contribution in [0.4, 0.5) is 5.82 Å². The number of nitrogens with one attached hydrogen (secondary N) is 1. The summed E-state index contributed by atoms with van der Waals surface area (Å²) in [6, 6.07) is 4.12. The minimum atomic E-state index is -0.00424. The SMILES string of the molecule is CN[C@@H]1CCCN(C(=O)c2ccc(N3CCCC3)nn2)C1. The second kappa shape index (κ2) is 6.39. The monoisotopic (exact) mass is 289 g/mol. The van der Waals surface area contributed by atoms with Crippen LogP contribution in [-0.4, -0.2) is 60.3 Å². The molecule has 1 aromatic rings. The molecule has 6 heteroatoms. The van der Waals surface area contributed by atoms with Crippen molar-refractivity contribution in [2.45, 2.75) is 31.7 Å². The lowest BCUT2D eigenvalue weighted by Crippen LogP contribution is -2.47. The molecule has 2 aliphatic rings. The van der Waals surface area contributed by atoms with Crippen molar-refractivity contribution in [2.24, 2.45) is 0 Å². The molecule has 6 nitrogen and oxygen atoms in total. The quantitative estimate of drug-likeness (QED) is 0.896. The molecule has 0 aliphatic carbocycles. The molecule has 0 saturated carbocycles. The van der Waals surface area contributed by atoms with Crippen LogP contribution >= 0.6 is 0 Å². The van der Waals surface area contributed by atoms with E-state index < -0.39 is 0 Å². The van der Waals surface area contributed by atoms with Crippen LogP contribution in [0.5, 0.6) is 0 Å². The fourth-order valence-electron chi connectivity index (χ4n) is 3.11. The van der Waals surface area contributed by atoms with Gasteiger partial charge in [0.2, 0.25) is 0 Å². The number of carbonyl (C=O) groups is 1. The number of aromatic nitrogens is 2. The number of hydrogen-bond acceptors (Lipinski definition) is 5. The van der Waals surface area contributed by atoms with Crippen molar-refractivity contribution in [1.29, 1.82) is 0 Å². The summed E-state index contributed by atoms with van der Waals surface area (Å²) >= 11 is 0. The maximum absolute atomic E-state index is 12.5. The molecular weight excluding hydrogens is 266 g/mol. The van der Waals surface area contributed by atoms with Gasteiger partial charge in [0.15, 0.2) is 11.5 Å². The molecule has 3 heterocycles. The number of likely N-dealkylation sites (N-methyl/N-ethyl adjacent to an activating group) is 1. The Morgan fingerprint density at radius 2 is 2.00 bits per heavy atom. The highest BCUT2D eigenvalue weighted by Crippen LogP contribution is 2.18. The van der Waals surface area contributed by atoms with Crippen molar-refractivity contribution in [3.8, 4) is 0 Å². The fraction of sp³-hybridized carbons (Fsp3) is 0.667. The van der Waals surface area contributed by atoms with Gasteiger partial charge in [-0.25, -0.2) is 0 Å². The highest BCUT2D eigenvalue weighted by atomic mass is 16.2. The third-order valence-corrected chi connectivity index (χ3v) is 4.42. The molecule has 0 spiro atoms. The van der Waals surface area contributed by atoms with Crippen LogP contribution in [0.15, 0.2) is 12.1 Å². The Kier molecular flexibility index (Phi) is 4.34. The zero-order valence-corrected chi connectivity index (χ0v) is 12.6. The van der Waals surface area contributed by atoms with Gasteiger partial charge >= 0.3 is 0 Å². The Labute approximate surface area is 125 Å². The molecule has 3 rings (SSSR count). The summed E-state index contributed by atoms with van der Waals surface area (Å²) in [7, 11) is 1.95. The third kappa shape index (κ3) is 3.15. The lowest BCUT2D eigenvalue weighted by molar-refractivity contribution is 0.0691. The van der Waals surface area contributed by atoms with E-state index in [4.69, 9.17) is 0 Å². The zero-order valence-electron chi connectivity index (χ0n) is 12.6. The predicted octanol–water partition coefficient (Wildman–Crippen LogP) is 0.901. The van der Waals surface area contributed by atoms with Crippen LogP contribution < -0.4 is 10.2 Å². The Hall–Kier alpha value is -1.69. The van der Waals surface area contributed by atoms with Gasteiger partial charge in [-0.15, -0.1) is 10.2 Å². The number of nitrogens with zero attached hydrogens (tertiary/aromatic N) is 4. The Balaban J connectivity index is 1.66. The van der Waals surface area contributed by atoms with Gasteiger partial charge < -0.3 is 15.1 Å². The molecule has 114 valence electrons. The number of likely N-dealkylation sites (tertiary alicyclic amines) is 1.